The van der Waals surface area contributed by atoms with Gasteiger partial charge in [-0.1, -0.05) is 38.8 Å². The molecule has 4 nitrogen and oxygen atoms in total. The van der Waals surface area contributed by atoms with Crippen LogP contribution in [-0.2, 0) is 0 Å². The number of likely N-dealkylation sites (N-methyl/N-ethyl adjacent to an activating group) is 1. The first-order chi connectivity index (χ1) is 12.5. The molecule has 1 spiro atoms. The van der Waals surface area contributed by atoms with Crippen molar-refractivity contribution in [1.29, 1.82) is 0 Å². The molecule has 0 aliphatic heterocycles. The molecule has 2 heterocycles. The van der Waals surface area contributed by atoms with Crippen LogP contribution in [-0.4, -0.2) is 17.0 Å². The molecule has 2 aliphatic rings. The summed E-state index contributed by atoms with van der Waals surface area (Å²) in [7, 11) is 1.76. The van der Waals surface area contributed by atoms with Crippen LogP contribution in [0, 0.1) is 11.2 Å². The van der Waals surface area contributed by atoms with E-state index >= 15 is 0 Å². The number of halogens is 1. The van der Waals surface area contributed by atoms with Crippen LogP contribution in [0.25, 0.3) is 11.0 Å². The number of rotatable bonds is 4. The van der Waals surface area contributed by atoms with Crippen molar-refractivity contribution >= 4 is 16.7 Å². The van der Waals surface area contributed by atoms with E-state index in [0.717, 1.165) is 5.41 Å². The average Bonchev–Trinajstić information content (AvgIpc) is 3.39. The van der Waals surface area contributed by atoms with Gasteiger partial charge >= 0.3 is 0 Å². The van der Waals surface area contributed by atoms with Gasteiger partial charge < -0.3 is 15.6 Å². The van der Waals surface area contributed by atoms with Crippen molar-refractivity contribution in [3.63, 3.8) is 0 Å². The zero-order chi connectivity index (χ0) is 18.6. The van der Waals surface area contributed by atoms with Crippen LogP contribution in [0.5, 0.6) is 0 Å². The van der Waals surface area contributed by atoms with E-state index in [1.165, 1.54) is 37.9 Å². The van der Waals surface area contributed by atoms with Crippen molar-refractivity contribution in [2.45, 2.75) is 51.4 Å². The SMILES string of the molecule is C1CCC2(C1)CCCC2.C=C(NC)C(=C)Nc1c[nH]c2ncc(F)cc12. The highest BCUT2D eigenvalue weighted by Crippen LogP contribution is 2.50. The van der Waals surface area contributed by atoms with Crippen LogP contribution >= 0.6 is 0 Å². The third-order valence-electron chi connectivity index (χ3n) is 5.78. The first-order valence-electron chi connectivity index (χ1n) is 9.49. The fourth-order valence-corrected chi connectivity index (χ4v) is 4.22. The molecule has 0 bridgehead atoms. The molecule has 0 aromatic carbocycles. The van der Waals surface area contributed by atoms with Crippen LogP contribution in [0.2, 0.25) is 0 Å². The van der Waals surface area contributed by atoms with Gasteiger partial charge in [0.1, 0.15) is 11.5 Å². The summed E-state index contributed by atoms with van der Waals surface area (Å²) in [6, 6.07) is 1.41. The third kappa shape index (κ3) is 4.09. The number of aromatic amines is 1. The van der Waals surface area contributed by atoms with E-state index in [1.54, 1.807) is 38.9 Å². The van der Waals surface area contributed by atoms with Gasteiger partial charge in [0.25, 0.3) is 0 Å². The minimum Gasteiger partial charge on any atom is -0.387 e. The summed E-state index contributed by atoms with van der Waals surface area (Å²) in [5, 5.41) is 6.60. The van der Waals surface area contributed by atoms with Crippen molar-refractivity contribution in [1.82, 2.24) is 15.3 Å². The van der Waals surface area contributed by atoms with E-state index in [9.17, 15) is 4.39 Å². The van der Waals surface area contributed by atoms with Crippen molar-refractivity contribution in [3.05, 3.63) is 48.8 Å². The zero-order valence-corrected chi connectivity index (χ0v) is 15.6. The lowest BCUT2D eigenvalue weighted by Crippen LogP contribution is -2.11. The van der Waals surface area contributed by atoms with Gasteiger partial charge in [-0.25, -0.2) is 9.37 Å². The molecule has 140 valence electrons. The summed E-state index contributed by atoms with van der Waals surface area (Å²) < 4.78 is 13.1. The molecule has 4 rings (SSSR count). The summed E-state index contributed by atoms with van der Waals surface area (Å²) in [6.45, 7) is 7.61. The second-order valence-corrected chi connectivity index (χ2v) is 7.50. The Hall–Kier alpha value is -2.30. The number of hydrogen-bond donors (Lipinski definition) is 3. The summed E-state index contributed by atoms with van der Waals surface area (Å²) in [4.78, 5) is 6.88. The first kappa shape index (κ1) is 18.5. The van der Waals surface area contributed by atoms with Gasteiger partial charge in [0.15, 0.2) is 0 Å². The largest absolute Gasteiger partial charge is 0.387 e. The van der Waals surface area contributed by atoms with E-state index in [0.29, 0.717) is 28.1 Å². The fourth-order valence-electron chi connectivity index (χ4n) is 4.22. The Balaban J connectivity index is 0.000000181. The predicted octanol–water partition coefficient (Wildman–Crippen LogP) is 5.48. The van der Waals surface area contributed by atoms with E-state index in [4.69, 9.17) is 0 Å². The van der Waals surface area contributed by atoms with Crippen LogP contribution < -0.4 is 10.6 Å². The maximum Gasteiger partial charge on any atom is 0.142 e. The topological polar surface area (TPSA) is 52.7 Å². The third-order valence-corrected chi connectivity index (χ3v) is 5.78. The molecule has 5 heteroatoms. The second kappa shape index (κ2) is 7.94. The molecule has 0 unspecified atom stereocenters. The monoisotopic (exact) mass is 356 g/mol. The molecule has 0 saturated heterocycles. The van der Waals surface area contributed by atoms with Gasteiger partial charge in [-0.05, 0) is 37.2 Å². The molecular formula is C21H29FN4. The molecule has 2 aromatic rings. The lowest BCUT2D eigenvalue weighted by atomic mass is 9.85. The summed E-state index contributed by atoms with van der Waals surface area (Å²) in [5.41, 5.74) is 3.52. The van der Waals surface area contributed by atoms with Crippen molar-refractivity contribution in [2.24, 2.45) is 5.41 Å². The Morgan fingerprint density at radius 3 is 2.31 bits per heavy atom. The number of hydrogen-bond acceptors (Lipinski definition) is 3. The van der Waals surface area contributed by atoms with Crippen LogP contribution in [0.15, 0.2) is 43.0 Å². The number of nitrogens with one attached hydrogen (secondary N) is 3. The average molecular weight is 356 g/mol. The first-order valence-corrected chi connectivity index (χ1v) is 9.49. The maximum atomic E-state index is 13.1. The van der Waals surface area contributed by atoms with Gasteiger partial charge in [0.05, 0.1) is 17.6 Å². The van der Waals surface area contributed by atoms with E-state index in [1.807, 2.05) is 0 Å². The van der Waals surface area contributed by atoms with Gasteiger partial charge in [0.2, 0.25) is 0 Å². The van der Waals surface area contributed by atoms with Gasteiger partial charge in [-0.15, -0.1) is 0 Å². The number of nitrogens with zero attached hydrogens (tertiary/aromatic N) is 1. The number of aromatic nitrogens is 2. The Morgan fingerprint density at radius 1 is 1.12 bits per heavy atom. The van der Waals surface area contributed by atoms with Gasteiger partial charge in [-0.3, -0.25) is 0 Å². The lowest BCUT2D eigenvalue weighted by molar-refractivity contribution is 0.309. The maximum absolute atomic E-state index is 13.1. The van der Waals surface area contributed by atoms with E-state index in [-0.39, 0.29) is 5.82 Å². The minimum atomic E-state index is -0.377. The van der Waals surface area contributed by atoms with E-state index < -0.39 is 0 Å². The standard InChI is InChI=1S/C12H13FN4.C9H16/c1-7(14-3)8(2)17-11-6-16-12-10(11)4-9(13)5-15-12;1-2-6-9(5-1)7-3-4-8-9/h4-6,14,17H,1-2H2,3H3,(H,15,16);1-8H2. The highest BCUT2D eigenvalue weighted by Gasteiger charge is 2.35. The number of H-pyrrole nitrogens is 1. The van der Waals surface area contributed by atoms with Crippen LogP contribution in [0.1, 0.15) is 51.4 Å². The van der Waals surface area contributed by atoms with Gasteiger partial charge in [-0.2, -0.15) is 0 Å². The Bertz CT molecular complexity index is 763. The van der Waals surface area contributed by atoms with Crippen LogP contribution in [0.3, 0.4) is 0 Å². The highest BCUT2D eigenvalue weighted by atomic mass is 19.1. The second-order valence-electron chi connectivity index (χ2n) is 7.50. The lowest BCUT2D eigenvalue weighted by Gasteiger charge is -2.20. The molecule has 0 atom stereocenters. The van der Waals surface area contributed by atoms with Gasteiger partial charge in [0, 0.05) is 24.3 Å². The smallest absolute Gasteiger partial charge is 0.142 e. The summed E-state index contributed by atoms with van der Waals surface area (Å²) >= 11 is 0. The summed E-state index contributed by atoms with van der Waals surface area (Å²) in [5.74, 6) is -0.377. The number of anilines is 1. The van der Waals surface area contributed by atoms with Crippen molar-refractivity contribution in [3.8, 4) is 0 Å². The molecule has 0 radical (unpaired) electrons. The quantitative estimate of drug-likeness (QED) is 0.636. The molecule has 3 N–H and O–H groups in total. The molecule has 2 aliphatic carbocycles. The molecule has 2 aromatic heterocycles. The fraction of sp³-hybridized carbons (Fsp3) is 0.476. The number of pyridine rings is 1. The normalized spacial score (nSPS) is 17.8. The zero-order valence-electron chi connectivity index (χ0n) is 15.6. The van der Waals surface area contributed by atoms with E-state index in [2.05, 4.69) is 33.8 Å². The molecule has 2 fully saturated rings. The highest BCUT2D eigenvalue weighted by molar-refractivity contribution is 5.90. The van der Waals surface area contributed by atoms with Crippen molar-refractivity contribution in [2.75, 3.05) is 12.4 Å². The predicted molar refractivity (Wildman–Crippen MR) is 106 cm³/mol. The number of fused-ring (bicyclic) bond motifs is 1. The minimum absolute atomic E-state index is 0.377. The van der Waals surface area contributed by atoms with Crippen molar-refractivity contribution < 1.29 is 4.39 Å². The molecule has 26 heavy (non-hydrogen) atoms. The molecule has 2 saturated carbocycles. The molecular weight excluding hydrogens is 327 g/mol. The van der Waals surface area contributed by atoms with Crippen LogP contribution in [0.4, 0.5) is 10.1 Å². The summed E-state index contributed by atoms with van der Waals surface area (Å²) in [6.07, 6.45) is 15.2. The Labute approximate surface area is 155 Å². The Morgan fingerprint density at radius 2 is 1.73 bits per heavy atom. The Kier molecular flexibility index (Phi) is 5.64. The molecule has 0 amide bonds.